The molecule has 2 atom stereocenters. The summed E-state index contributed by atoms with van der Waals surface area (Å²) < 4.78 is 11.9. The molecule has 3 saturated heterocycles. The maximum Gasteiger partial charge on any atom is 0.0989 e. The van der Waals surface area contributed by atoms with Gasteiger partial charge in [0.05, 0.1) is 23.6 Å². The third kappa shape index (κ3) is 3.46. The van der Waals surface area contributed by atoms with Crippen molar-refractivity contribution in [3.05, 3.63) is 17.5 Å². The van der Waals surface area contributed by atoms with Crippen LogP contribution in [0.5, 0.6) is 0 Å². The SMILES string of the molecule is c1c(C2CCN(CC3(C4CCCCO4)CC3)CC2)n[nH]c1C1CCCO1. The van der Waals surface area contributed by atoms with Crippen molar-refractivity contribution in [3.8, 4) is 0 Å². The molecule has 4 heterocycles. The molecule has 4 fully saturated rings. The summed E-state index contributed by atoms with van der Waals surface area (Å²) in [5.74, 6) is 0.610. The Kier molecular flexibility index (Phi) is 4.80. The first-order valence-corrected chi connectivity index (χ1v) is 10.8. The summed E-state index contributed by atoms with van der Waals surface area (Å²) in [6.07, 6.45) is 12.2. The fourth-order valence-corrected chi connectivity index (χ4v) is 5.35. The van der Waals surface area contributed by atoms with Crippen molar-refractivity contribution in [2.75, 3.05) is 32.8 Å². The molecule has 0 spiro atoms. The van der Waals surface area contributed by atoms with Crippen molar-refractivity contribution < 1.29 is 9.47 Å². The molecule has 5 heteroatoms. The van der Waals surface area contributed by atoms with Gasteiger partial charge >= 0.3 is 0 Å². The minimum Gasteiger partial charge on any atom is -0.378 e. The number of likely N-dealkylation sites (tertiary alicyclic amines) is 1. The number of rotatable bonds is 5. The first-order valence-electron chi connectivity index (χ1n) is 10.8. The zero-order valence-electron chi connectivity index (χ0n) is 15.9. The Labute approximate surface area is 156 Å². The number of aromatic nitrogens is 2. The molecule has 1 N–H and O–H groups in total. The Hall–Kier alpha value is -0.910. The summed E-state index contributed by atoms with van der Waals surface area (Å²) >= 11 is 0. The minimum atomic E-state index is 0.251. The van der Waals surface area contributed by atoms with Gasteiger partial charge in [-0.05, 0) is 76.9 Å². The van der Waals surface area contributed by atoms with Gasteiger partial charge in [0.2, 0.25) is 0 Å². The van der Waals surface area contributed by atoms with Gasteiger partial charge in [-0.2, -0.15) is 5.10 Å². The van der Waals surface area contributed by atoms with Crippen molar-refractivity contribution in [2.24, 2.45) is 5.41 Å². The summed E-state index contributed by atoms with van der Waals surface area (Å²) in [4.78, 5) is 2.70. The lowest BCUT2D eigenvalue weighted by Crippen LogP contribution is -2.42. The number of hydrogen-bond acceptors (Lipinski definition) is 4. The van der Waals surface area contributed by atoms with Crippen molar-refractivity contribution in [3.63, 3.8) is 0 Å². The molecule has 0 bridgehead atoms. The lowest BCUT2D eigenvalue weighted by Gasteiger charge is -2.37. The van der Waals surface area contributed by atoms with E-state index in [0.29, 0.717) is 17.4 Å². The van der Waals surface area contributed by atoms with Gasteiger partial charge in [-0.3, -0.25) is 5.10 Å². The second kappa shape index (κ2) is 7.25. The maximum absolute atomic E-state index is 6.14. The van der Waals surface area contributed by atoms with E-state index in [0.717, 1.165) is 19.6 Å². The van der Waals surface area contributed by atoms with Gasteiger partial charge in [-0.25, -0.2) is 0 Å². The molecule has 144 valence electrons. The predicted molar refractivity (Wildman–Crippen MR) is 100 cm³/mol. The van der Waals surface area contributed by atoms with Crippen LogP contribution in [0.4, 0.5) is 0 Å². The van der Waals surface area contributed by atoms with Crippen LogP contribution in [0, 0.1) is 5.41 Å². The van der Waals surface area contributed by atoms with Crippen LogP contribution < -0.4 is 0 Å². The highest BCUT2D eigenvalue weighted by molar-refractivity contribution is 5.16. The first kappa shape index (κ1) is 17.2. The Balaban J connectivity index is 1.14. The van der Waals surface area contributed by atoms with E-state index in [9.17, 15) is 0 Å². The lowest BCUT2D eigenvalue weighted by molar-refractivity contribution is -0.0419. The van der Waals surface area contributed by atoms with E-state index in [4.69, 9.17) is 9.47 Å². The van der Waals surface area contributed by atoms with E-state index in [1.165, 1.54) is 82.4 Å². The van der Waals surface area contributed by atoms with Crippen LogP contribution in [-0.4, -0.2) is 54.0 Å². The number of piperidine rings is 1. The van der Waals surface area contributed by atoms with E-state index >= 15 is 0 Å². The second-order valence-corrected chi connectivity index (χ2v) is 9.02. The maximum atomic E-state index is 6.14. The van der Waals surface area contributed by atoms with Crippen molar-refractivity contribution in [2.45, 2.75) is 75.9 Å². The average Bonchev–Trinajstić information content (AvgIpc) is 3.10. The summed E-state index contributed by atoms with van der Waals surface area (Å²) in [5, 5.41) is 7.87. The van der Waals surface area contributed by atoms with E-state index in [-0.39, 0.29) is 6.10 Å². The highest BCUT2D eigenvalue weighted by Gasteiger charge is 2.51. The number of ether oxygens (including phenoxy) is 2. The predicted octanol–water partition coefficient (Wildman–Crippen LogP) is 3.79. The van der Waals surface area contributed by atoms with Gasteiger partial charge in [-0.15, -0.1) is 0 Å². The van der Waals surface area contributed by atoms with Gasteiger partial charge in [0.1, 0.15) is 0 Å². The molecule has 5 rings (SSSR count). The van der Waals surface area contributed by atoms with Gasteiger partial charge in [0.15, 0.2) is 0 Å². The van der Waals surface area contributed by atoms with Crippen LogP contribution in [0.2, 0.25) is 0 Å². The third-order valence-corrected chi connectivity index (χ3v) is 7.19. The molecule has 2 unspecified atom stereocenters. The number of nitrogens with one attached hydrogen (secondary N) is 1. The van der Waals surface area contributed by atoms with Crippen LogP contribution in [-0.2, 0) is 9.47 Å². The molecule has 26 heavy (non-hydrogen) atoms. The van der Waals surface area contributed by atoms with E-state index in [1.807, 2.05) is 0 Å². The quantitative estimate of drug-likeness (QED) is 0.869. The highest BCUT2D eigenvalue weighted by atomic mass is 16.5. The zero-order valence-corrected chi connectivity index (χ0v) is 15.9. The van der Waals surface area contributed by atoms with Gasteiger partial charge in [0.25, 0.3) is 0 Å². The molecule has 1 aliphatic carbocycles. The van der Waals surface area contributed by atoms with Gasteiger partial charge in [-0.1, -0.05) is 0 Å². The Bertz CT molecular complexity index is 592. The third-order valence-electron chi connectivity index (χ3n) is 7.19. The molecular formula is C21H33N3O2. The van der Waals surface area contributed by atoms with Crippen molar-refractivity contribution in [1.29, 1.82) is 0 Å². The molecule has 1 saturated carbocycles. The van der Waals surface area contributed by atoms with Gasteiger partial charge in [0, 0.05) is 31.1 Å². The Morgan fingerprint density at radius 1 is 1.04 bits per heavy atom. The number of hydrogen-bond donors (Lipinski definition) is 1. The van der Waals surface area contributed by atoms with E-state index in [1.54, 1.807) is 0 Å². The topological polar surface area (TPSA) is 50.4 Å². The van der Waals surface area contributed by atoms with Crippen LogP contribution in [0.3, 0.4) is 0 Å². The fraction of sp³-hybridized carbons (Fsp3) is 0.857. The number of nitrogens with zero attached hydrogens (tertiary/aromatic N) is 2. The smallest absolute Gasteiger partial charge is 0.0989 e. The monoisotopic (exact) mass is 359 g/mol. The van der Waals surface area contributed by atoms with E-state index in [2.05, 4.69) is 21.2 Å². The van der Waals surface area contributed by atoms with Crippen LogP contribution in [0.25, 0.3) is 0 Å². The minimum absolute atomic E-state index is 0.251. The lowest BCUT2D eigenvalue weighted by atomic mass is 9.89. The summed E-state index contributed by atoms with van der Waals surface area (Å²) in [5.41, 5.74) is 2.94. The molecule has 4 aliphatic rings. The molecule has 1 aromatic heterocycles. The Morgan fingerprint density at radius 2 is 1.88 bits per heavy atom. The van der Waals surface area contributed by atoms with Crippen molar-refractivity contribution in [1.82, 2.24) is 15.1 Å². The standard InChI is InChI=1S/C21H33N3O2/c1-2-12-26-20(5-1)21(8-9-21)15-24-10-6-16(7-11-24)17-14-18(23-22-17)19-4-3-13-25-19/h14,16,19-20H,1-13,15H2,(H,22,23). The van der Waals surface area contributed by atoms with Gasteiger partial charge < -0.3 is 14.4 Å². The molecule has 0 amide bonds. The zero-order chi connectivity index (χ0) is 17.4. The van der Waals surface area contributed by atoms with Crippen molar-refractivity contribution >= 4 is 0 Å². The molecule has 0 aromatic carbocycles. The van der Waals surface area contributed by atoms with Crippen LogP contribution >= 0.6 is 0 Å². The number of aromatic amines is 1. The molecule has 5 nitrogen and oxygen atoms in total. The average molecular weight is 360 g/mol. The summed E-state index contributed by atoms with van der Waals surface area (Å²) in [7, 11) is 0. The van der Waals surface area contributed by atoms with E-state index < -0.39 is 0 Å². The molecule has 3 aliphatic heterocycles. The van der Waals surface area contributed by atoms with Crippen LogP contribution in [0.1, 0.15) is 81.2 Å². The summed E-state index contributed by atoms with van der Waals surface area (Å²) in [6, 6.07) is 2.27. The Morgan fingerprint density at radius 3 is 2.58 bits per heavy atom. The first-order chi connectivity index (χ1) is 12.8. The largest absolute Gasteiger partial charge is 0.378 e. The molecule has 0 radical (unpaired) electrons. The second-order valence-electron chi connectivity index (χ2n) is 9.02. The molecular weight excluding hydrogens is 326 g/mol. The summed E-state index contributed by atoms with van der Waals surface area (Å²) in [6.45, 7) is 5.55. The fourth-order valence-electron chi connectivity index (χ4n) is 5.35. The van der Waals surface area contributed by atoms with Crippen LogP contribution in [0.15, 0.2) is 6.07 Å². The molecule has 1 aromatic rings. The highest BCUT2D eigenvalue weighted by Crippen LogP contribution is 2.53. The number of H-pyrrole nitrogens is 1. The normalized spacial score (nSPS) is 32.8.